The minimum atomic E-state index is -1.43. The van der Waals surface area contributed by atoms with E-state index in [-0.39, 0.29) is 6.04 Å². The van der Waals surface area contributed by atoms with Gasteiger partial charge < -0.3 is 24.9 Å². The molecular weight excluding hydrogens is 358 g/mol. The number of likely N-dealkylation sites (N-methyl/N-ethyl adjacent to an activating group) is 1. The molecule has 9 heteroatoms. The number of aliphatic hydroxyl groups is 1. The second-order valence-corrected chi connectivity index (χ2v) is 9.82. The van der Waals surface area contributed by atoms with Crippen molar-refractivity contribution in [2.75, 3.05) is 27.2 Å². The van der Waals surface area contributed by atoms with Crippen LogP contribution in [0.4, 0.5) is 0 Å². The number of β-lactam (4-membered cyclic amide) rings is 1. The number of aliphatic hydroxyl groups excluding tert-OH is 1. The third-order valence-electron chi connectivity index (χ3n) is 5.89. The highest BCUT2D eigenvalue weighted by atomic mass is 32.2. The number of thioether (sulfide) groups is 1. The Morgan fingerprint density at radius 3 is 2.42 bits per heavy atom. The summed E-state index contributed by atoms with van der Waals surface area (Å²) >= 11 is 1.35. The van der Waals surface area contributed by atoms with Gasteiger partial charge in [0.25, 0.3) is 5.91 Å². The lowest BCUT2D eigenvalue weighted by Gasteiger charge is -2.46. The van der Waals surface area contributed by atoms with E-state index in [1.165, 1.54) is 16.7 Å². The maximum Gasteiger partial charge on any atom is 0.327 e. The maximum absolute atomic E-state index is 12.7. The van der Waals surface area contributed by atoms with Crippen LogP contribution in [0.25, 0.3) is 0 Å². The third-order valence-corrected chi connectivity index (χ3v) is 7.49. The summed E-state index contributed by atoms with van der Waals surface area (Å²) in [6.45, 7) is 5.33. The van der Waals surface area contributed by atoms with Gasteiger partial charge in [-0.3, -0.25) is 9.59 Å². The number of amides is 2. The molecule has 0 aliphatic carbocycles. The first kappa shape index (κ1) is 19.4. The number of hydrogen-bond acceptors (Lipinski definition) is 6. The van der Waals surface area contributed by atoms with Gasteiger partial charge in [0, 0.05) is 17.8 Å². The van der Waals surface area contributed by atoms with E-state index in [9.17, 15) is 24.6 Å². The predicted molar refractivity (Wildman–Crippen MR) is 96.5 cm³/mol. The van der Waals surface area contributed by atoms with Crippen LogP contribution in [0.3, 0.4) is 0 Å². The van der Waals surface area contributed by atoms with E-state index in [0.717, 1.165) is 25.9 Å². The monoisotopic (exact) mass is 385 g/mol. The minimum absolute atomic E-state index is 0.0547. The van der Waals surface area contributed by atoms with Crippen molar-refractivity contribution in [3.63, 3.8) is 0 Å². The number of nitrogens with zero attached hydrogens (tertiary/aromatic N) is 3. The topological polar surface area (TPSA) is 101 Å². The summed E-state index contributed by atoms with van der Waals surface area (Å²) in [5.74, 6) is -2.82. The normalized spacial score (nSPS) is 32.7. The van der Waals surface area contributed by atoms with Crippen molar-refractivity contribution in [2.45, 2.75) is 55.0 Å². The molecular formula is C17H27N3O5S. The Labute approximate surface area is 157 Å². The smallest absolute Gasteiger partial charge is 0.327 e. The second-order valence-electron chi connectivity index (χ2n) is 8.05. The fraction of sp³-hybridized carbons (Fsp3) is 0.824. The van der Waals surface area contributed by atoms with Crippen LogP contribution in [-0.4, -0.2) is 98.2 Å². The molecule has 0 aromatic rings. The SMILES string of the molecule is CN1CCC(N(C)C(=O)[C@@H](O)[C@@H]2C(=O)N3[C@@H]2SC(C)(C)[C@@H]3C(=O)O)CC1. The van der Waals surface area contributed by atoms with Gasteiger partial charge in [-0.1, -0.05) is 0 Å². The molecule has 3 aliphatic rings. The summed E-state index contributed by atoms with van der Waals surface area (Å²) < 4.78 is -0.663. The first-order valence-corrected chi connectivity index (χ1v) is 9.80. The molecule has 3 rings (SSSR count). The van der Waals surface area contributed by atoms with Crippen LogP contribution in [0.2, 0.25) is 0 Å². The van der Waals surface area contributed by atoms with E-state index in [1.807, 2.05) is 7.05 Å². The first-order valence-electron chi connectivity index (χ1n) is 8.92. The summed E-state index contributed by atoms with van der Waals surface area (Å²) in [6, 6.07) is -0.880. The lowest BCUT2D eigenvalue weighted by molar-refractivity contribution is -0.173. The molecule has 26 heavy (non-hydrogen) atoms. The first-order chi connectivity index (χ1) is 12.1. The van der Waals surface area contributed by atoms with Gasteiger partial charge in [-0.15, -0.1) is 11.8 Å². The van der Waals surface area contributed by atoms with Crippen LogP contribution in [0.15, 0.2) is 0 Å². The number of rotatable bonds is 4. The predicted octanol–water partition coefficient (Wildman–Crippen LogP) is -0.337. The molecule has 0 aromatic carbocycles. The number of carboxylic acids is 1. The van der Waals surface area contributed by atoms with Gasteiger partial charge in [0.2, 0.25) is 5.91 Å². The number of aliphatic carboxylic acids is 1. The molecule has 0 aromatic heterocycles. The summed E-state index contributed by atoms with van der Waals surface area (Å²) in [4.78, 5) is 41.9. The molecule has 2 N–H and O–H groups in total. The van der Waals surface area contributed by atoms with Gasteiger partial charge in [-0.05, 0) is 46.8 Å². The lowest BCUT2D eigenvalue weighted by Crippen LogP contribution is -2.67. The van der Waals surface area contributed by atoms with Gasteiger partial charge in [0.1, 0.15) is 18.1 Å². The molecule has 0 bridgehead atoms. The van der Waals surface area contributed by atoms with Crippen molar-refractivity contribution in [1.82, 2.24) is 14.7 Å². The largest absolute Gasteiger partial charge is 0.480 e. The molecule has 3 aliphatic heterocycles. The summed E-state index contributed by atoms with van der Waals surface area (Å²) in [5.41, 5.74) is 0. The number of carboxylic acid groups (broad SMARTS) is 1. The van der Waals surface area contributed by atoms with Crippen molar-refractivity contribution in [3.05, 3.63) is 0 Å². The standard InChI is InChI=1S/C17H27N3O5S/c1-17(2)12(16(24)25)20-13(22)10(15(20)26-17)11(21)14(23)19(4)9-5-7-18(3)8-6-9/h9-12,15,21H,5-8H2,1-4H3,(H,24,25)/t10-,11+,12+,15-/m1/s1. The number of likely N-dealkylation sites (tertiary alicyclic amines) is 1. The van der Waals surface area contributed by atoms with Crippen molar-refractivity contribution in [1.29, 1.82) is 0 Å². The number of hydrogen-bond donors (Lipinski definition) is 2. The number of piperidine rings is 1. The molecule has 2 amide bonds. The molecule has 3 saturated heterocycles. The van der Waals surface area contributed by atoms with Crippen LogP contribution >= 0.6 is 11.8 Å². The maximum atomic E-state index is 12.7. The fourth-order valence-corrected chi connectivity index (χ4v) is 5.97. The second kappa shape index (κ2) is 6.69. The highest BCUT2D eigenvalue weighted by Gasteiger charge is 2.66. The zero-order valence-electron chi connectivity index (χ0n) is 15.6. The van der Waals surface area contributed by atoms with Crippen molar-refractivity contribution in [2.24, 2.45) is 5.92 Å². The van der Waals surface area contributed by atoms with E-state index in [1.54, 1.807) is 25.8 Å². The molecule has 3 heterocycles. The number of fused-ring (bicyclic) bond motifs is 1. The zero-order chi connectivity index (χ0) is 19.4. The molecule has 3 fully saturated rings. The molecule has 146 valence electrons. The quantitative estimate of drug-likeness (QED) is 0.639. The number of carbonyl (C=O) groups excluding carboxylic acids is 2. The van der Waals surface area contributed by atoms with E-state index in [4.69, 9.17) is 0 Å². The van der Waals surface area contributed by atoms with E-state index in [2.05, 4.69) is 4.90 Å². The molecule has 0 spiro atoms. The Kier molecular flexibility index (Phi) is 5.00. The van der Waals surface area contributed by atoms with E-state index in [0.29, 0.717) is 0 Å². The Morgan fingerprint density at radius 1 is 1.31 bits per heavy atom. The van der Waals surface area contributed by atoms with Crippen molar-refractivity contribution >= 4 is 29.5 Å². The van der Waals surface area contributed by atoms with Crippen LogP contribution in [-0.2, 0) is 14.4 Å². The van der Waals surface area contributed by atoms with Gasteiger partial charge in [0.15, 0.2) is 0 Å². The van der Waals surface area contributed by atoms with E-state index >= 15 is 0 Å². The average molecular weight is 385 g/mol. The van der Waals surface area contributed by atoms with E-state index < -0.39 is 46.0 Å². The summed E-state index contributed by atoms with van der Waals surface area (Å²) in [5, 5.41) is 19.6. The summed E-state index contributed by atoms with van der Waals surface area (Å²) in [7, 11) is 3.71. The van der Waals surface area contributed by atoms with Gasteiger partial charge in [-0.25, -0.2) is 4.79 Å². The van der Waals surface area contributed by atoms with Crippen molar-refractivity contribution in [3.8, 4) is 0 Å². The Hall–Kier alpha value is -1.32. The molecule has 8 nitrogen and oxygen atoms in total. The minimum Gasteiger partial charge on any atom is -0.480 e. The highest BCUT2D eigenvalue weighted by Crippen LogP contribution is 2.54. The van der Waals surface area contributed by atoms with Gasteiger partial charge >= 0.3 is 5.97 Å². The molecule has 0 unspecified atom stereocenters. The zero-order valence-corrected chi connectivity index (χ0v) is 16.4. The van der Waals surface area contributed by atoms with Crippen molar-refractivity contribution < 1.29 is 24.6 Å². The van der Waals surface area contributed by atoms with Crippen LogP contribution in [0.1, 0.15) is 26.7 Å². The Morgan fingerprint density at radius 2 is 1.88 bits per heavy atom. The lowest BCUT2D eigenvalue weighted by atomic mass is 9.87. The Bertz CT molecular complexity index is 620. The third kappa shape index (κ3) is 2.99. The Balaban J connectivity index is 1.69. The molecule has 0 radical (unpaired) electrons. The van der Waals surface area contributed by atoms with Crippen LogP contribution in [0, 0.1) is 5.92 Å². The molecule has 0 saturated carbocycles. The number of carbonyl (C=O) groups is 3. The van der Waals surface area contributed by atoms with Gasteiger partial charge in [0.05, 0.1) is 5.37 Å². The van der Waals surface area contributed by atoms with Crippen LogP contribution in [0.5, 0.6) is 0 Å². The average Bonchev–Trinajstić information content (AvgIpc) is 2.82. The fourth-order valence-electron chi connectivity index (χ4n) is 4.26. The highest BCUT2D eigenvalue weighted by molar-refractivity contribution is 8.01. The van der Waals surface area contributed by atoms with Crippen LogP contribution < -0.4 is 0 Å². The molecule has 4 atom stereocenters. The van der Waals surface area contributed by atoms with Gasteiger partial charge in [-0.2, -0.15) is 0 Å². The summed E-state index contributed by atoms with van der Waals surface area (Å²) in [6.07, 6.45) is 0.245.